The number of alkyl halides is 3. The van der Waals surface area contributed by atoms with Gasteiger partial charge in [0.05, 0.1) is 10.7 Å². The van der Waals surface area contributed by atoms with Crippen molar-refractivity contribution in [2.45, 2.75) is 17.3 Å². The molecule has 0 unspecified atom stereocenters. The van der Waals surface area contributed by atoms with E-state index < -0.39 is 37.2 Å². The van der Waals surface area contributed by atoms with Crippen LogP contribution in [0.3, 0.4) is 0 Å². The highest BCUT2D eigenvalue weighted by Gasteiger charge is 2.48. The number of halogens is 4. The molecule has 0 heterocycles. The number of benzene rings is 2. The van der Waals surface area contributed by atoms with Gasteiger partial charge in [0, 0.05) is 12.1 Å². The average molecular weight is 552 g/mol. The minimum absolute atomic E-state index is 0.0764. The van der Waals surface area contributed by atoms with E-state index in [0.29, 0.717) is 6.07 Å². The van der Waals surface area contributed by atoms with Gasteiger partial charge in [0.2, 0.25) is 0 Å². The van der Waals surface area contributed by atoms with E-state index in [1.165, 1.54) is 24.3 Å². The first-order valence-corrected chi connectivity index (χ1v) is 11.1. The molecule has 0 aliphatic rings. The molecule has 13 heteroatoms. The summed E-state index contributed by atoms with van der Waals surface area (Å²) >= 11 is 1.63. The van der Waals surface area contributed by atoms with Gasteiger partial charge in [0.1, 0.15) is 16.4 Å². The van der Waals surface area contributed by atoms with Gasteiger partial charge in [0.15, 0.2) is 5.75 Å². The fraction of sp³-hybridized carbons (Fsp3) is 0.200. The molecule has 0 aliphatic heterocycles. The molecule has 2 aromatic rings. The van der Waals surface area contributed by atoms with Crippen LogP contribution in [0.4, 0.5) is 13.2 Å². The molecule has 28 heavy (non-hydrogen) atoms. The van der Waals surface area contributed by atoms with Crippen molar-refractivity contribution in [1.29, 1.82) is 0 Å². The second kappa shape index (κ2) is 7.94. The van der Waals surface area contributed by atoms with Crippen LogP contribution < -0.4 is 13.1 Å². The molecular formula is C15H12F3IO7S2. The maximum Gasteiger partial charge on any atom is 0.534 e. The zero-order chi connectivity index (χ0) is 21.3. The standard InChI is InChI=1S/C15H12F3IO7S2/c1-9-3-5-11(6-4-9)27(20,21)26-13-8-10(7-12(24-2)14(13)19)25-28(22,23)15(16,17)18/h3-8H,1-2H3. The van der Waals surface area contributed by atoms with Gasteiger partial charge in [-0.3, -0.25) is 0 Å². The Morgan fingerprint density at radius 2 is 1.46 bits per heavy atom. The predicted octanol–water partition coefficient (Wildman–Crippen LogP) is 3.60. The Bertz CT molecular complexity index is 1080. The van der Waals surface area contributed by atoms with Crippen LogP contribution in [0.15, 0.2) is 41.3 Å². The van der Waals surface area contributed by atoms with Crippen molar-refractivity contribution in [1.82, 2.24) is 0 Å². The SMILES string of the molecule is COc1cc(OS(=O)(=O)C(F)(F)F)cc(OS(=O)(=O)c2ccc(C)cc2)c1I. The van der Waals surface area contributed by atoms with Gasteiger partial charge in [0.25, 0.3) is 0 Å². The summed E-state index contributed by atoms with van der Waals surface area (Å²) in [5.41, 5.74) is -4.87. The average Bonchev–Trinajstić information content (AvgIpc) is 2.56. The summed E-state index contributed by atoms with van der Waals surface area (Å²) in [5.74, 6) is -1.44. The first-order valence-electron chi connectivity index (χ1n) is 7.16. The third kappa shape index (κ3) is 5.00. The lowest BCUT2D eigenvalue weighted by Crippen LogP contribution is -2.28. The highest BCUT2D eigenvalue weighted by molar-refractivity contribution is 14.1. The Kier molecular flexibility index (Phi) is 6.40. The van der Waals surface area contributed by atoms with Gasteiger partial charge in [-0.25, -0.2) is 0 Å². The fourth-order valence-corrected chi connectivity index (χ4v) is 4.02. The first-order chi connectivity index (χ1) is 12.8. The zero-order valence-electron chi connectivity index (χ0n) is 14.2. The predicted molar refractivity (Wildman–Crippen MR) is 100 cm³/mol. The number of aryl methyl sites for hydroxylation is 1. The Hall–Kier alpha value is -1.74. The highest BCUT2D eigenvalue weighted by atomic mass is 127. The largest absolute Gasteiger partial charge is 0.534 e. The van der Waals surface area contributed by atoms with Gasteiger partial charge in [-0.05, 0) is 41.6 Å². The molecule has 0 atom stereocenters. The summed E-state index contributed by atoms with van der Waals surface area (Å²) in [7, 11) is -9.17. The van der Waals surface area contributed by atoms with Gasteiger partial charge in [-0.2, -0.15) is 30.0 Å². The number of hydrogen-bond donors (Lipinski definition) is 0. The van der Waals surface area contributed by atoms with Crippen molar-refractivity contribution in [2.24, 2.45) is 0 Å². The Morgan fingerprint density at radius 3 is 1.96 bits per heavy atom. The lowest BCUT2D eigenvalue weighted by atomic mass is 10.2. The molecule has 0 N–H and O–H groups in total. The molecule has 0 saturated carbocycles. The first kappa shape index (κ1) is 22.5. The van der Waals surface area contributed by atoms with Crippen molar-refractivity contribution in [2.75, 3.05) is 7.11 Å². The van der Waals surface area contributed by atoms with E-state index in [9.17, 15) is 30.0 Å². The molecule has 0 amide bonds. The number of rotatable bonds is 6. The highest BCUT2D eigenvalue weighted by Crippen LogP contribution is 2.38. The van der Waals surface area contributed by atoms with Crippen LogP contribution in [0, 0.1) is 10.5 Å². The van der Waals surface area contributed by atoms with Crippen LogP contribution in [0.5, 0.6) is 17.2 Å². The van der Waals surface area contributed by atoms with Crippen molar-refractivity contribution >= 4 is 42.8 Å². The second-order valence-electron chi connectivity index (χ2n) is 5.27. The second-order valence-corrected chi connectivity index (χ2v) is 9.43. The Balaban J connectivity index is 2.48. The van der Waals surface area contributed by atoms with E-state index >= 15 is 0 Å². The molecule has 0 saturated heterocycles. The number of hydrogen-bond acceptors (Lipinski definition) is 7. The van der Waals surface area contributed by atoms with E-state index in [2.05, 4.69) is 4.18 Å². The molecule has 0 fully saturated rings. The molecule has 7 nitrogen and oxygen atoms in total. The van der Waals surface area contributed by atoms with Crippen molar-refractivity contribution in [3.8, 4) is 17.2 Å². The minimum atomic E-state index is -5.97. The number of ether oxygens (including phenoxy) is 1. The molecule has 0 bridgehead atoms. The van der Waals surface area contributed by atoms with Crippen LogP contribution in [0.1, 0.15) is 5.56 Å². The smallest absolute Gasteiger partial charge is 0.495 e. The molecule has 154 valence electrons. The number of methoxy groups -OCH3 is 1. The van der Waals surface area contributed by atoms with Gasteiger partial charge < -0.3 is 13.1 Å². The van der Waals surface area contributed by atoms with Gasteiger partial charge >= 0.3 is 25.7 Å². The van der Waals surface area contributed by atoms with E-state index in [0.717, 1.165) is 18.7 Å². The van der Waals surface area contributed by atoms with E-state index in [1.54, 1.807) is 29.5 Å². The Morgan fingerprint density at radius 1 is 0.929 bits per heavy atom. The van der Waals surface area contributed by atoms with Crippen LogP contribution in [0.25, 0.3) is 0 Å². The van der Waals surface area contributed by atoms with Crippen molar-refractivity contribution < 1.29 is 43.1 Å². The van der Waals surface area contributed by atoms with Crippen molar-refractivity contribution in [3.05, 3.63) is 45.5 Å². The lowest BCUT2D eigenvalue weighted by Gasteiger charge is -2.15. The third-order valence-corrected chi connectivity index (χ3v) is 6.49. The van der Waals surface area contributed by atoms with Gasteiger partial charge in [-0.15, -0.1) is 0 Å². The topological polar surface area (TPSA) is 96.0 Å². The molecule has 2 rings (SSSR count). The summed E-state index contributed by atoms with van der Waals surface area (Å²) in [5, 5.41) is 0. The molecule has 0 aromatic heterocycles. The van der Waals surface area contributed by atoms with Gasteiger partial charge in [-0.1, -0.05) is 17.7 Å². The normalized spacial score (nSPS) is 12.5. The zero-order valence-corrected chi connectivity index (χ0v) is 17.9. The summed E-state index contributed by atoms with van der Waals surface area (Å²) in [6, 6.07) is 7.18. The molecule has 0 radical (unpaired) electrons. The maximum atomic E-state index is 12.5. The van der Waals surface area contributed by atoms with Crippen LogP contribution in [-0.2, 0) is 20.2 Å². The van der Waals surface area contributed by atoms with Crippen LogP contribution >= 0.6 is 22.6 Å². The fourth-order valence-electron chi connectivity index (χ4n) is 1.85. The summed E-state index contributed by atoms with van der Waals surface area (Å²) in [4.78, 5) is -0.206. The monoisotopic (exact) mass is 552 g/mol. The Labute approximate surface area is 172 Å². The molecule has 2 aromatic carbocycles. The van der Waals surface area contributed by atoms with Crippen LogP contribution in [-0.4, -0.2) is 29.5 Å². The van der Waals surface area contributed by atoms with Crippen LogP contribution in [0.2, 0.25) is 0 Å². The summed E-state index contributed by atoms with van der Waals surface area (Å²) in [6.07, 6.45) is 0. The minimum Gasteiger partial charge on any atom is -0.495 e. The molecule has 0 spiro atoms. The molecular weight excluding hydrogens is 540 g/mol. The maximum absolute atomic E-state index is 12.5. The van der Waals surface area contributed by atoms with E-state index in [4.69, 9.17) is 8.92 Å². The van der Waals surface area contributed by atoms with E-state index in [1.807, 2.05) is 0 Å². The van der Waals surface area contributed by atoms with E-state index in [-0.39, 0.29) is 14.2 Å². The van der Waals surface area contributed by atoms with Crippen molar-refractivity contribution in [3.63, 3.8) is 0 Å². The molecule has 0 aliphatic carbocycles. The quantitative estimate of drug-likeness (QED) is 0.307. The summed E-state index contributed by atoms with van der Waals surface area (Å²) < 4.78 is 98.8. The lowest BCUT2D eigenvalue weighted by molar-refractivity contribution is -0.0500. The third-order valence-electron chi connectivity index (χ3n) is 3.20. The summed E-state index contributed by atoms with van der Waals surface area (Å²) in [6.45, 7) is 1.74.